The first kappa shape index (κ1) is 15.1. The molecule has 2 heterocycles. The van der Waals surface area contributed by atoms with E-state index in [0.717, 1.165) is 30.4 Å². The first-order chi connectivity index (χ1) is 10.8. The number of benzene rings is 1. The molecule has 1 saturated heterocycles. The van der Waals surface area contributed by atoms with Crippen LogP contribution in [-0.4, -0.2) is 37.0 Å². The maximum Gasteiger partial charge on any atom is 0.287 e. The van der Waals surface area contributed by atoms with Crippen molar-refractivity contribution in [3.05, 3.63) is 36.1 Å². The van der Waals surface area contributed by atoms with Crippen molar-refractivity contribution in [1.82, 2.24) is 10.2 Å². The van der Waals surface area contributed by atoms with E-state index in [0.29, 0.717) is 12.3 Å². The van der Waals surface area contributed by atoms with Crippen LogP contribution in [0.2, 0.25) is 0 Å². The number of carbonyl (C=O) groups excluding carboxylic acids is 1. The first-order valence-electron chi connectivity index (χ1n) is 8.32. The Balaban J connectivity index is 1.38. The van der Waals surface area contributed by atoms with Crippen LogP contribution in [0.3, 0.4) is 0 Å². The SMILES string of the molecule is O=C(NCCCCN1CCCCC1)c1cc2ccccc2o1. The lowest BCUT2D eigenvalue weighted by molar-refractivity contribution is 0.0927. The zero-order valence-corrected chi connectivity index (χ0v) is 13.0. The van der Waals surface area contributed by atoms with Crippen LogP contribution in [0.5, 0.6) is 0 Å². The third-order valence-electron chi connectivity index (χ3n) is 4.28. The van der Waals surface area contributed by atoms with Gasteiger partial charge in [0.1, 0.15) is 5.58 Å². The third-order valence-corrected chi connectivity index (χ3v) is 4.28. The second kappa shape index (κ2) is 7.45. The highest BCUT2D eigenvalue weighted by atomic mass is 16.3. The van der Waals surface area contributed by atoms with E-state index in [1.165, 1.54) is 32.4 Å². The number of hydrogen-bond acceptors (Lipinski definition) is 3. The molecule has 1 fully saturated rings. The van der Waals surface area contributed by atoms with E-state index in [-0.39, 0.29) is 5.91 Å². The molecule has 0 bridgehead atoms. The summed E-state index contributed by atoms with van der Waals surface area (Å²) in [6.45, 7) is 4.35. The molecule has 1 amide bonds. The summed E-state index contributed by atoms with van der Waals surface area (Å²) >= 11 is 0. The van der Waals surface area contributed by atoms with Crippen molar-refractivity contribution in [2.75, 3.05) is 26.2 Å². The largest absolute Gasteiger partial charge is 0.451 e. The third kappa shape index (κ3) is 3.89. The Morgan fingerprint density at radius 1 is 1.14 bits per heavy atom. The predicted molar refractivity (Wildman–Crippen MR) is 88.1 cm³/mol. The summed E-state index contributed by atoms with van der Waals surface area (Å²) in [5.41, 5.74) is 0.762. The lowest BCUT2D eigenvalue weighted by atomic mass is 10.1. The van der Waals surface area contributed by atoms with Crippen molar-refractivity contribution >= 4 is 16.9 Å². The van der Waals surface area contributed by atoms with Gasteiger partial charge in [-0.05, 0) is 57.5 Å². The molecule has 0 radical (unpaired) electrons. The average molecular weight is 300 g/mol. The van der Waals surface area contributed by atoms with Crippen molar-refractivity contribution in [2.24, 2.45) is 0 Å². The quantitative estimate of drug-likeness (QED) is 0.831. The first-order valence-corrected chi connectivity index (χ1v) is 8.32. The number of carbonyl (C=O) groups is 1. The van der Waals surface area contributed by atoms with Crippen LogP contribution < -0.4 is 5.32 Å². The van der Waals surface area contributed by atoms with Crippen LogP contribution in [0.15, 0.2) is 34.7 Å². The molecule has 4 heteroatoms. The molecule has 1 N–H and O–H groups in total. The Hall–Kier alpha value is -1.81. The number of unbranched alkanes of at least 4 members (excludes halogenated alkanes) is 1. The molecule has 1 aromatic carbocycles. The van der Waals surface area contributed by atoms with Gasteiger partial charge >= 0.3 is 0 Å². The van der Waals surface area contributed by atoms with Crippen LogP contribution >= 0.6 is 0 Å². The molecule has 2 aromatic rings. The van der Waals surface area contributed by atoms with Crippen LogP contribution in [0, 0.1) is 0 Å². The van der Waals surface area contributed by atoms with E-state index < -0.39 is 0 Å². The zero-order chi connectivity index (χ0) is 15.2. The lowest BCUT2D eigenvalue weighted by Gasteiger charge is -2.26. The fourth-order valence-electron chi connectivity index (χ4n) is 3.03. The number of likely N-dealkylation sites (tertiary alicyclic amines) is 1. The smallest absolute Gasteiger partial charge is 0.287 e. The zero-order valence-electron chi connectivity index (χ0n) is 13.0. The maximum absolute atomic E-state index is 12.1. The van der Waals surface area contributed by atoms with Gasteiger partial charge in [-0.1, -0.05) is 24.6 Å². The van der Waals surface area contributed by atoms with Gasteiger partial charge in [-0.15, -0.1) is 0 Å². The minimum Gasteiger partial charge on any atom is -0.451 e. The predicted octanol–water partition coefficient (Wildman–Crippen LogP) is 3.43. The van der Waals surface area contributed by atoms with Crippen LogP contribution in [0.4, 0.5) is 0 Å². The number of rotatable bonds is 6. The molecule has 1 aromatic heterocycles. The summed E-state index contributed by atoms with van der Waals surface area (Å²) in [7, 11) is 0. The highest BCUT2D eigenvalue weighted by Crippen LogP contribution is 2.18. The highest BCUT2D eigenvalue weighted by Gasteiger charge is 2.12. The van der Waals surface area contributed by atoms with Crippen molar-refractivity contribution < 1.29 is 9.21 Å². The Labute approximate surface area is 131 Å². The minimum absolute atomic E-state index is 0.117. The molecule has 4 nitrogen and oxygen atoms in total. The number of fused-ring (bicyclic) bond motifs is 1. The second-order valence-electron chi connectivity index (χ2n) is 6.01. The Kier molecular flexibility index (Phi) is 5.11. The van der Waals surface area contributed by atoms with E-state index in [1.807, 2.05) is 24.3 Å². The van der Waals surface area contributed by atoms with E-state index in [2.05, 4.69) is 10.2 Å². The van der Waals surface area contributed by atoms with E-state index in [4.69, 9.17) is 4.42 Å². The summed E-state index contributed by atoms with van der Waals surface area (Å²) in [5.74, 6) is 0.284. The summed E-state index contributed by atoms with van der Waals surface area (Å²) < 4.78 is 5.56. The fraction of sp³-hybridized carbons (Fsp3) is 0.500. The van der Waals surface area contributed by atoms with Crippen molar-refractivity contribution in [1.29, 1.82) is 0 Å². The average Bonchev–Trinajstić information content (AvgIpc) is 2.99. The summed E-state index contributed by atoms with van der Waals surface area (Å²) in [6, 6.07) is 9.49. The van der Waals surface area contributed by atoms with Crippen LogP contribution in [0.25, 0.3) is 11.0 Å². The molecule has 1 aliphatic heterocycles. The molecule has 0 unspecified atom stereocenters. The fourth-order valence-corrected chi connectivity index (χ4v) is 3.03. The van der Waals surface area contributed by atoms with Gasteiger partial charge < -0.3 is 14.6 Å². The van der Waals surface area contributed by atoms with Gasteiger partial charge in [-0.2, -0.15) is 0 Å². The van der Waals surface area contributed by atoms with Crippen molar-refractivity contribution in [3.8, 4) is 0 Å². The monoisotopic (exact) mass is 300 g/mol. The molecule has 1 aliphatic rings. The van der Waals surface area contributed by atoms with E-state index >= 15 is 0 Å². The van der Waals surface area contributed by atoms with Crippen LogP contribution in [-0.2, 0) is 0 Å². The second-order valence-corrected chi connectivity index (χ2v) is 6.01. The van der Waals surface area contributed by atoms with Gasteiger partial charge in [0, 0.05) is 11.9 Å². The minimum atomic E-state index is -0.117. The lowest BCUT2D eigenvalue weighted by Crippen LogP contribution is -2.31. The van der Waals surface area contributed by atoms with Gasteiger partial charge in [0.2, 0.25) is 0 Å². The number of para-hydroxylation sites is 1. The van der Waals surface area contributed by atoms with Gasteiger partial charge in [0.05, 0.1) is 0 Å². The Morgan fingerprint density at radius 2 is 1.95 bits per heavy atom. The number of furan rings is 1. The van der Waals surface area contributed by atoms with Crippen LogP contribution in [0.1, 0.15) is 42.7 Å². The number of nitrogens with one attached hydrogen (secondary N) is 1. The highest BCUT2D eigenvalue weighted by molar-refractivity contribution is 5.95. The molecule has 0 atom stereocenters. The topological polar surface area (TPSA) is 45.5 Å². The van der Waals surface area contributed by atoms with Crippen molar-refractivity contribution in [2.45, 2.75) is 32.1 Å². The molecule has 0 aliphatic carbocycles. The number of hydrogen-bond donors (Lipinski definition) is 1. The van der Waals surface area contributed by atoms with Gasteiger partial charge in [-0.3, -0.25) is 4.79 Å². The van der Waals surface area contributed by atoms with Gasteiger partial charge in [-0.25, -0.2) is 0 Å². The molecule has 118 valence electrons. The molecular formula is C18H24N2O2. The number of piperidine rings is 1. The van der Waals surface area contributed by atoms with Crippen molar-refractivity contribution in [3.63, 3.8) is 0 Å². The van der Waals surface area contributed by atoms with Gasteiger partial charge in [0.25, 0.3) is 5.91 Å². The van der Waals surface area contributed by atoms with E-state index in [9.17, 15) is 4.79 Å². The molecule has 0 saturated carbocycles. The Bertz CT molecular complexity index is 581. The summed E-state index contributed by atoms with van der Waals surface area (Å²) in [6.07, 6.45) is 6.21. The number of amides is 1. The maximum atomic E-state index is 12.1. The standard InChI is InChI=1S/C18H24N2O2/c21-18(17-14-15-8-2-3-9-16(15)22-17)19-10-4-7-13-20-11-5-1-6-12-20/h2-3,8-9,14H,1,4-7,10-13H2,(H,19,21). The molecule has 3 rings (SSSR count). The summed E-state index contributed by atoms with van der Waals surface area (Å²) in [5, 5.41) is 3.92. The molecule has 22 heavy (non-hydrogen) atoms. The molecule has 0 spiro atoms. The summed E-state index contributed by atoms with van der Waals surface area (Å²) in [4.78, 5) is 14.6. The molecular weight excluding hydrogens is 276 g/mol. The normalized spacial score (nSPS) is 16.0. The number of nitrogens with zero attached hydrogens (tertiary/aromatic N) is 1. The Morgan fingerprint density at radius 3 is 2.77 bits per heavy atom. The van der Waals surface area contributed by atoms with E-state index in [1.54, 1.807) is 6.07 Å². The van der Waals surface area contributed by atoms with Gasteiger partial charge in [0.15, 0.2) is 5.76 Å².